The van der Waals surface area contributed by atoms with Gasteiger partial charge in [-0.05, 0) is 45.1 Å². The Balaban J connectivity index is 1.21. The summed E-state index contributed by atoms with van der Waals surface area (Å²) >= 11 is 0. The van der Waals surface area contributed by atoms with E-state index >= 15 is 0 Å². The van der Waals surface area contributed by atoms with Crippen LogP contribution in [0, 0.1) is 11.8 Å². The van der Waals surface area contributed by atoms with Crippen LogP contribution in [0.2, 0.25) is 0 Å². The molecule has 0 aromatic carbocycles. The van der Waals surface area contributed by atoms with Crippen LogP contribution in [0.4, 0.5) is 0 Å². The third kappa shape index (κ3) is 4.54. The fourth-order valence-electron chi connectivity index (χ4n) is 4.58. The number of nitrogens with zero attached hydrogens (tertiary/aromatic N) is 5. The summed E-state index contributed by atoms with van der Waals surface area (Å²) in [5.74, 6) is 1.81. The molecule has 8 nitrogen and oxygen atoms in total. The van der Waals surface area contributed by atoms with Crippen LogP contribution in [0.5, 0.6) is 0 Å². The van der Waals surface area contributed by atoms with Crippen molar-refractivity contribution in [1.29, 1.82) is 0 Å². The van der Waals surface area contributed by atoms with Gasteiger partial charge < -0.3 is 10.2 Å². The maximum absolute atomic E-state index is 12.6. The van der Waals surface area contributed by atoms with E-state index in [1.165, 1.54) is 0 Å². The minimum Gasteiger partial charge on any atom is -0.355 e. The van der Waals surface area contributed by atoms with Gasteiger partial charge in [-0.25, -0.2) is 4.98 Å². The molecule has 3 fully saturated rings. The van der Waals surface area contributed by atoms with E-state index < -0.39 is 0 Å². The average molecular weight is 389 g/mol. The van der Waals surface area contributed by atoms with E-state index in [1.807, 2.05) is 7.05 Å². The van der Waals surface area contributed by atoms with E-state index in [1.54, 1.807) is 11.0 Å². The molecule has 0 spiro atoms. The van der Waals surface area contributed by atoms with Crippen molar-refractivity contribution in [1.82, 2.24) is 29.9 Å². The van der Waals surface area contributed by atoms with Crippen molar-refractivity contribution < 1.29 is 9.59 Å². The number of carbonyl (C=O) groups is 2. The van der Waals surface area contributed by atoms with Gasteiger partial charge in [-0.1, -0.05) is 0 Å². The summed E-state index contributed by atoms with van der Waals surface area (Å²) in [4.78, 5) is 33.6. The standard InChI is InChI=1S/C20H32N6O2/c1-24-18(22-14-23-24)6-9-21-19(27)16-3-2-10-26(13-16)17-7-11-25(12-8-17)20(28)15-4-5-15/h14-17H,2-13H2,1H3,(H,21,27)/t16-/m0/s1. The number of hydrogen-bond acceptors (Lipinski definition) is 5. The van der Waals surface area contributed by atoms with Crippen LogP contribution in [0.25, 0.3) is 0 Å². The molecule has 1 aromatic rings. The molecule has 8 heteroatoms. The lowest BCUT2D eigenvalue weighted by Gasteiger charge is -2.42. The lowest BCUT2D eigenvalue weighted by molar-refractivity contribution is -0.134. The van der Waals surface area contributed by atoms with E-state index in [0.717, 1.165) is 70.5 Å². The minimum atomic E-state index is 0.0689. The van der Waals surface area contributed by atoms with Crippen LogP contribution in [0.1, 0.15) is 44.3 Å². The van der Waals surface area contributed by atoms with E-state index in [9.17, 15) is 9.59 Å². The molecular formula is C20H32N6O2. The number of aryl methyl sites for hydroxylation is 1. The number of piperidine rings is 2. The maximum Gasteiger partial charge on any atom is 0.225 e. The van der Waals surface area contributed by atoms with Crippen LogP contribution in [-0.4, -0.2) is 75.1 Å². The minimum absolute atomic E-state index is 0.0689. The molecule has 3 heterocycles. The number of aromatic nitrogens is 3. The highest BCUT2D eigenvalue weighted by Crippen LogP contribution is 2.32. The molecule has 0 radical (unpaired) electrons. The van der Waals surface area contributed by atoms with Crippen LogP contribution >= 0.6 is 0 Å². The molecule has 3 aliphatic rings. The summed E-state index contributed by atoms with van der Waals surface area (Å²) in [5, 5.41) is 7.14. The molecule has 1 aromatic heterocycles. The predicted molar refractivity (Wildman–Crippen MR) is 104 cm³/mol. The zero-order chi connectivity index (χ0) is 19.5. The number of rotatable bonds is 6. The van der Waals surface area contributed by atoms with Crippen molar-refractivity contribution >= 4 is 11.8 Å². The monoisotopic (exact) mass is 388 g/mol. The summed E-state index contributed by atoms with van der Waals surface area (Å²) in [6, 6.07) is 0.512. The van der Waals surface area contributed by atoms with Gasteiger partial charge in [0.15, 0.2) is 0 Å². The molecule has 2 saturated heterocycles. The number of carbonyl (C=O) groups excluding carboxylic acids is 2. The molecular weight excluding hydrogens is 356 g/mol. The summed E-state index contributed by atoms with van der Waals surface area (Å²) in [6.07, 6.45) is 8.52. The SMILES string of the molecule is Cn1ncnc1CCNC(=O)[C@H]1CCCN(C2CCN(C(=O)C3CC3)CC2)C1. The molecule has 154 valence electrons. The smallest absolute Gasteiger partial charge is 0.225 e. The average Bonchev–Trinajstić information content (AvgIpc) is 3.50. The molecule has 1 N–H and O–H groups in total. The van der Waals surface area contributed by atoms with Crippen LogP contribution < -0.4 is 5.32 Å². The molecule has 2 amide bonds. The van der Waals surface area contributed by atoms with E-state index in [0.29, 0.717) is 30.8 Å². The lowest BCUT2D eigenvalue weighted by Crippen LogP contribution is -2.51. The zero-order valence-corrected chi connectivity index (χ0v) is 16.8. The fraction of sp³-hybridized carbons (Fsp3) is 0.800. The first-order valence-corrected chi connectivity index (χ1v) is 10.7. The lowest BCUT2D eigenvalue weighted by atomic mass is 9.93. The van der Waals surface area contributed by atoms with E-state index in [2.05, 4.69) is 25.2 Å². The van der Waals surface area contributed by atoms with Crippen LogP contribution in [0.3, 0.4) is 0 Å². The first-order chi connectivity index (χ1) is 13.6. The van der Waals surface area contributed by atoms with Crippen molar-refractivity contribution in [2.75, 3.05) is 32.7 Å². The predicted octanol–water partition coefficient (Wildman–Crippen LogP) is 0.587. The van der Waals surface area contributed by atoms with Crippen molar-refractivity contribution in [3.63, 3.8) is 0 Å². The first-order valence-electron chi connectivity index (χ1n) is 10.7. The highest BCUT2D eigenvalue weighted by Gasteiger charge is 2.37. The normalized spacial score (nSPS) is 24.3. The third-order valence-electron chi connectivity index (χ3n) is 6.50. The quantitative estimate of drug-likeness (QED) is 0.771. The Labute approximate surface area is 166 Å². The zero-order valence-electron chi connectivity index (χ0n) is 16.8. The Morgan fingerprint density at radius 2 is 1.89 bits per heavy atom. The van der Waals surface area contributed by atoms with Gasteiger partial charge in [-0.3, -0.25) is 19.2 Å². The Hall–Kier alpha value is -1.96. The van der Waals surface area contributed by atoms with Crippen LogP contribution in [0.15, 0.2) is 6.33 Å². The van der Waals surface area contributed by atoms with Gasteiger partial charge in [-0.2, -0.15) is 5.10 Å². The molecule has 1 aliphatic carbocycles. The van der Waals surface area contributed by atoms with E-state index in [-0.39, 0.29) is 11.8 Å². The van der Waals surface area contributed by atoms with Gasteiger partial charge in [0.1, 0.15) is 12.2 Å². The molecule has 4 rings (SSSR count). The van der Waals surface area contributed by atoms with Crippen molar-refractivity contribution in [2.24, 2.45) is 18.9 Å². The van der Waals surface area contributed by atoms with Gasteiger partial charge in [0.05, 0.1) is 5.92 Å². The number of hydrogen-bond donors (Lipinski definition) is 1. The van der Waals surface area contributed by atoms with Crippen molar-refractivity contribution in [3.05, 3.63) is 12.2 Å². The summed E-state index contributed by atoms with van der Waals surface area (Å²) in [7, 11) is 1.87. The Kier molecular flexibility index (Phi) is 5.94. The first kappa shape index (κ1) is 19.4. The molecule has 1 atom stereocenters. The fourth-order valence-corrected chi connectivity index (χ4v) is 4.58. The topological polar surface area (TPSA) is 83.4 Å². The highest BCUT2D eigenvalue weighted by molar-refractivity contribution is 5.81. The molecule has 1 saturated carbocycles. The molecule has 0 bridgehead atoms. The van der Waals surface area contributed by atoms with E-state index in [4.69, 9.17) is 0 Å². The Bertz CT molecular complexity index is 693. The van der Waals surface area contributed by atoms with Crippen molar-refractivity contribution in [3.8, 4) is 0 Å². The van der Waals surface area contributed by atoms with Gasteiger partial charge in [-0.15, -0.1) is 0 Å². The van der Waals surface area contributed by atoms with Gasteiger partial charge in [0.2, 0.25) is 11.8 Å². The maximum atomic E-state index is 12.6. The number of amides is 2. The number of likely N-dealkylation sites (tertiary alicyclic amines) is 2. The van der Waals surface area contributed by atoms with Crippen molar-refractivity contribution in [2.45, 2.75) is 51.0 Å². The number of nitrogens with one attached hydrogen (secondary N) is 1. The van der Waals surface area contributed by atoms with Gasteiger partial charge in [0.25, 0.3) is 0 Å². The second-order valence-corrected chi connectivity index (χ2v) is 8.51. The highest BCUT2D eigenvalue weighted by atomic mass is 16.2. The van der Waals surface area contributed by atoms with Gasteiger partial charge in [0, 0.05) is 51.6 Å². The molecule has 2 aliphatic heterocycles. The van der Waals surface area contributed by atoms with Gasteiger partial charge >= 0.3 is 0 Å². The summed E-state index contributed by atoms with van der Waals surface area (Å²) in [5.41, 5.74) is 0. The Morgan fingerprint density at radius 1 is 1.11 bits per heavy atom. The van der Waals surface area contributed by atoms with Crippen LogP contribution in [-0.2, 0) is 23.1 Å². The largest absolute Gasteiger partial charge is 0.355 e. The second kappa shape index (κ2) is 8.59. The molecule has 0 unspecified atom stereocenters. The Morgan fingerprint density at radius 3 is 2.57 bits per heavy atom. The second-order valence-electron chi connectivity index (χ2n) is 8.51. The summed E-state index contributed by atoms with van der Waals surface area (Å²) < 4.78 is 1.74. The molecule has 28 heavy (non-hydrogen) atoms. The third-order valence-corrected chi connectivity index (χ3v) is 6.50. The summed E-state index contributed by atoms with van der Waals surface area (Å²) in [6.45, 7) is 4.28.